The van der Waals surface area contributed by atoms with E-state index in [1.807, 2.05) is 54.1 Å². The summed E-state index contributed by atoms with van der Waals surface area (Å²) in [6.07, 6.45) is 4.96. The van der Waals surface area contributed by atoms with Crippen LogP contribution in [0.4, 0.5) is 5.69 Å². The largest absolute Gasteiger partial charge is 0.399 e. The number of H-pyrrole nitrogens is 1. The van der Waals surface area contributed by atoms with Crippen molar-refractivity contribution in [1.29, 1.82) is 0 Å². The quantitative estimate of drug-likeness (QED) is 0.405. The van der Waals surface area contributed by atoms with Gasteiger partial charge in [-0.2, -0.15) is 4.68 Å². The monoisotopic (exact) mass is 450 g/mol. The molecule has 0 fully saturated rings. The lowest BCUT2D eigenvalue weighted by atomic mass is 10.0. The number of aryl methyl sites for hydroxylation is 2. The summed E-state index contributed by atoms with van der Waals surface area (Å²) in [5.74, 6) is 0.783. The van der Waals surface area contributed by atoms with Crippen LogP contribution in [-0.4, -0.2) is 34.7 Å². The first-order valence-electron chi connectivity index (χ1n) is 11.1. The van der Waals surface area contributed by atoms with Crippen molar-refractivity contribution >= 4 is 5.69 Å². The van der Waals surface area contributed by atoms with Crippen molar-refractivity contribution in [2.45, 2.75) is 25.8 Å². The molecule has 0 unspecified atom stereocenters. The topological polar surface area (TPSA) is 120 Å². The molecule has 9 nitrogen and oxygen atoms in total. The molecule has 0 spiro atoms. The average molecular weight is 451 g/mol. The van der Waals surface area contributed by atoms with Crippen LogP contribution < -0.4 is 11.3 Å². The van der Waals surface area contributed by atoms with Gasteiger partial charge in [0.05, 0.1) is 23.6 Å². The molecule has 4 heterocycles. The van der Waals surface area contributed by atoms with Crippen molar-refractivity contribution < 1.29 is 0 Å². The van der Waals surface area contributed by atoms with Gasteiger partial charge in [0, 0.05) is 23.0 Å². The Morgan fingerprint density at radius 1 is 1.06 bits per heavy atom. The number of nitrogens with zero attached hydrogens (tertiary/aromatic N) is 6. The highest BCUT2D eigenvalue weighted by molar-refractivity contribution is 5.73. The molecule has 1 aliphatic heterocycles. The molecule has 1 aliphatic rings. The van der Waals surface area contributed by atoms with Gasteiger partial charge in [0.15, 0.2) is 0 Å². The van der Waals surface area contributed by atoms with E-state index in [4.69, 9.17) is 5.73 Å². The minimum absolute atomic E-state index is 0.0513. The van der Waals surface area contributed by atoms with Crippen molar-refractivity contribution in [3.05, 3.63) is 94.6 Å². The second-order valence-electron chi connectivity index (χ2n) is 8.58. The lowest BCUT2D eigenvalue weighted by Crippen LogP contribution is -2.23. The zero-order valence-corrected chi connectivity index (χ0v) is 18.5. The molecule has 3 N–H and O–H groups in total. The van der Waals surface area contributed by atoms with Crippen LogP contribution >= 0.6 is 0 Å². The number of tetrazole rings is 1. The van der Waals surface area contributed by atoms with Crippen LogP contribution in [-0.2, 0) is 6.42 Å². The van der Waals surface area contributed by atoms with E-state index < -0.39 is 0 Å². The Bertz CT molecular complexity index is 1550. The Balaban J connectivity index is 1.39. The summed E-state index contributed by atoms with van der Waals surface area (Å²) in [5.41, 5.74) is 13.1. The van der Waals surface area contributed by atoms with Crippen LogP contribution in [0.1, 0.15) is 29.5 Å². The normalized spacial score (nSPS) is 14.9. The van der Waals surface area contributed by atoms with Crippen molar-refractivity contribution in [1.82, 2.24) is 34.7 Å². The van der Waals surface area contributed by atoms with Crippen molar-refractivity contribution in [3.8, 4) is 28.1 Å². The van der Waals surface area contributed by atoms with E-state index >= 15 is 0 Å². The lowest BCUT2D eigenvalue weighted by molar-refractivity contribution is 0.572. The maximum Gasteiger partial charge on any atom is 0.252 e. The van der Waals surface area contributed by atoms with E-state index in [1.165, 1.54) is 0 Å². The Labute approximate surface area is 194 Å². The highest BCUT2D eigenvalue weighted by Gasteiger charge is 2.28. The Morgan fingerprint density at radius 2 is 1.91 bits per heavy atom. The fourth-order valence-electron chi connectivity index (χ4n) is 4.68. The van der Waals surface area contributed by atoms with Crippen molar-refractivity contribution in [2.75, 3.05) is 5.73 Å². The van der Waals surface area contributed by atoms with Crippen LogP contribution in [0.2, 0.25) is 0 Å². The number of aromatic amines is 1. The number of imidazole rings is 1. The molecule has 5 aromatic rings. The third-order valence-electron chi connectivity index (χ3n) is 6.33. The summed E-state index contributed by atoms with van der Waals surface area (Å²) >= 11 is 0. The molecular formula is C25H22N8O. The van der Waals surface area contributed by atoms with E-state index in [0.717, 1.165) is 58.0 Å². The molecule has 168 valence electrons. The molecule has 34 heavy (non-hydrogen) atoms. The number of nitrogens with one attached hydrogen (secondary N) is 1. The Morgan fingerprint density at radius 3 is 2.71 bits per heavy atom. The van der Waals surface area contributed by atoms with Gasteiger partial charge >= 0.3 is 0 Å². The van der Waals surface area contributed by atoms with E-state index in [2.05, 4.69) is 37.6 Å². The van der Waals surface area contributed by atoms with E-state index in [9.17, 15) is 4.79 Å². The lowest BCUT2D eigenvalue weighted by Gasteiger charge is -2.15. The smallest absolute Gasteiger partial charge is 0.252 e. The summed E-state index contributed by atoms with van der Waals surface area (Å²) < 4.78 is 3.46. The number of nitrogens with two attached hydrogens (primary N) is 1. The zero-order chi connectivity index (χ0) is 23.2. The number of fused-ring (bicyclic) bond motifs is 1. The number of rotatable bonds is 4. The first-order valence-corrected chi connectivity index (χ1v) is 11.1. The molecule has 6 rings (SSSR count). The molecule has 1 atom stereocenters. The summed E-state index contributed by atoms with van der Waals surface area (Å²) in [4.78, 5) is 21.4. The summed E-state index contributed by atoms with van der Waals surface area (Å²) in [6.45, 7) is 2.03. The van der Waals surface area contributed by atoms with Crippen LogP contribution in [0.15, 0.2) is 71.9 Å². The number of nitrogen functional groups attached to an aromatic ring is 1. The first kappa shape index (κ1) is 20.1. The van der Waals surface area contributed by atoms with Gasteiger partial charge in [-0.25, -0.2) is 4.98 Å². The molecule has 0 bridgehead atoms. The zero-order valence-electron chi connectivity index (χ0n) is 18.5. The second kappa shape index (κ2) is 7.80. The minimum Gasteiger partial charge on any atom is -0.399 e. The van der Waals surface area contributed by atoms with Gasteiger partial charge in [-0.15, -0.1) is 5.10 Å². The molecule has 9 heteroatoms. The summed E-state index contributed by atoms with van der Waals surface area (Å²) in [6, 6.07) is 17.3. The maximum absolute atomic E-state index is 13.3. The third-order valence-corrected chi connectivity index (χ3v) is 6.33. The van der Waals surface area contributed by atoms with E-state index in [0.29, 0.717) is 5.69 Å². The van der Waals surface area contributed by atoms with E-state index in [1.54, 1.807) is 17.1 Å². The standard InChI is InChI=1S/C25H22N8O/c1-15-2-8-22(32-14-28-30-31-32)20(10-15)17-11-19-7-9-23(33(19)24(34)12-17)25-27-13-21(29-25)16-3-5-18(26)6-4-16/h2-6,8,10-14,23H,7,9,26H2,1H3,(H,27,29)/t23-/m0/s1. The second-order valence-corrected chi connectivity index (χ2v) is 8.58. The highest BCUT2D eigenvalue weighted by atomic mass is 16.1. The van der Waals surface area contributed by atoms with Crippen LogP contribution in [0, 0.1) is 6.92 Å². The predicted octanol–water partition coefficient (Wildman–Crippen LogP) is 3.31. The number of aromatic nitrogens is 7. The van der Waals surface area contributed by atoms with Gasteiger partial charge in [-0.05, 0) is 71.7 Å². The minimum atomic E-state index is -0.129. The van der Waals surface area contributed by atoms with Crippen LogP contribution in [0.3, 0.4) is 0 Å². The summed E-state index contributed by atoms with van der Waals surface area (Å²) in [5, 5.41) is 11.5. The molecule has 2 aromatic carbocycles. The first-order chi connectivity index (χ1) is 16.6. The Hall–Kier alpha value is -4.53. The average Bonchev–Trinajstić information content (AvgIpc) is 3.60. The van der Waals surface area contributed by atoms with Gasteiger partial charge in [0.2, 0.25) is 0 Å². The van der Waals surface area contributed by atoms with Gasteiger partial charge in [-0.1, -0.05) is 23.8 Å². The molecule has 0 saturated carbocycles. The number of benzene rings is 2. The molecular weight excluding hydrogens is 428 g/mol. The van der Waals surface area contributed by atoms with Gasteiger partial charge in [0.25, 0.3) is 5.56 Å². The molecule has 0 radical (unpaired) electrons. The maximum atomic E-state index is 13.3. The fraction of sp³-hybridized carbons (Fsp3) is 0.160. The van der Waals surface area contributed by atoms with Crippen LogP contribution in [0.25, 0.3) is 28.1 Å². The van der Waals surface area contributed by atoms with Crippen molar-refractivity contribution in [2.24, 2.45) is 0 Å². The third kappa shape index (κ3) is 3.38. The Kier molecular flexibility index (Phi) is 4.61. The van der Waals surface area contributed by atoms with Gasteiger partial charge in [0.1, 0.15) is 12.2 Å². The number of pyridine rings is 1. The fourth-order valence-corrected chi connectivity index (χ4v) is 4.68. The predicted molar refractivity (Wildman–Crippen MR) is 128 cm³/mol. The molecule has 0 amide bonds. The number of anilines is 1. The van der Waals surface area contributed by atoms with E-state index in [-0.39, 0.29) is 11.6 Å². The summed E-state index contributed by atoms with van der Waals surface area (Å²) in [7, 11) is 0. The van der Waals surface area contributed by atoms with Gasteiger partial charge in [-0.3, -0.25) is 4.79 Å². The van der Waals surface area contributed by atoms with Crippen LogP contribution in [0.5, 0.6) is 0 Å². The number of hydrogen-bond acceptors (Lipinski definition) is 6. The SMILES string of the molecule is Cc1ccc(-n2cnnn2)c(-c2cc3n(c(=O)c2)[C@H](c2ncc(-c4ccc(N)cc4)[nH]2)CC3)c1. The molecule has 0 saturated heterocycles. The number of hydrogen-bond donors (Lipinski definition) is 2. The molecule has 3 aromatic heterocycles. The van der Waals surface area contributed by atoms with Crippen molar-refractivity contribution in [3.63, 3.8) is 0 Å². The highest BCUT2D eigenvalue weighted by Crippen LogP contribution is 2.33. The molecule has 0 aliphatic carbocycles. The van der Waals surface area contributed by atoms with Gasteiger partial charge < -0.3 is 15.3 Å².